The zero-order valence-electron chi connectivity index (χ0n) is 13.7. The van der Waals surface area contributed by atoms with Crippen LogP contribution in [0.15, 0.2) is 47.6 Å². The summed E-state index contributed by atoms with van der Waals surface area (Å²) >= 11 is 0. The number of benzene rings is 1. The van der Waals surface area contributed by atoms with Gasteiger partial charge in [0.05, 0.1) is 12.0 Å². The number of hydrogen-bond donors (Lipinski definition) is 0. The summed E-state index contributed by atoms with van der Waals surface area (Å²) in [7, 11) is -1.93. The average Bonchev–Trinajstić information content (AvgIpc) is 2.56. The van der Waals surface area contributed by atoms with Crippen LogP contribution in [0.25, 0.3) is 0 Å². The second-order valence-corrected chi connectivity index (χ2v) is 7.17. The number of hydrogen-bond acceptors (Lipinski definition) is 4. The Kier molecular flexibility index (Phi) is 5.74. The maximum atomic E-state index is 12.8. The molecule has 1 aromatic heterocycles. The van der Waals surface area contributed by atoms with Crippen LogP contribution >= 0.6 is 0 Å². The molecule has 0 aliphatic carbocycles. The third-order valence-electron chi connectivity index (χ3n) is 3.76. The van der Waals surface area contributed by atoms with Crippen molar-refractivity contribution in [1.82, 2.24) is 9.29 Å². The summed E-state index contributed by atoms with van der Waals surface area (Å²) in [5.74, 6) is 0.684. The van der Waals surface area contributed by atoms with Gasteiger partial charge in [-0.25, -0.2) is 8.42 Å². The number of nitrogens with zero attached hydrogens (tertiary/aromatic N) is 2. The van der Waals surface area contributed by atoms with Crippen LogP contribution in [0.3, 0.4) is 0 Å². The molecule has 0 N–H and O–H groups in total. The quantitative estimate of drug-likeness (QED) is 0.781. The maximum absolute atomic E-state index is 12.8. The van der Waals surface area contributed by atoms with Crippen LogP contribution in [-0.4, -0.2) is 37.9 Å². The van der Waals surface area contributed by atoms with E-state index in [4.69, 9.17) is 4.74 Å². The van der Waals surface area contributed by atoms with Crippen molar-refractivity contribution >= 4 is 10.0 Å². The van der Waals surface area contributed by atoms with Gasteiger partial charge in [-0.1, -0.05) is 6.92 Å². The van der Waals surface area contributed by atoms with E-state index in [-0.39, 0.29) is 0 Å². The van der Waals surface area contributed by atoms with Gasteiger partial charge in [0.15, 0.2) is 0 Å². The number of likely N-dealkylation sites (N-methyl/N-ethyl adjacent to an activating group) is 1. The Hall–Kier alpha value is -1.92. The zero-order valence-corrected chi connectivity index (χ0v) is 14.5. The molecule has 6 heteroatoms. The first kappa shape index (κ1) is 17.4. The second-order valence-electron chi connectivity index (χ2n) is 5.23. The van der Waals surface area contributed by atoms with Crippen molar-refractivity contribution in [2.75, 3.05) is 20.2 Å². The van der Waals surface area contributed by atoms with Gasteiger partial charge in [0.2, 0.25) is 10.0 Å². The summed E-state index contributed by atoms with van der Waals surface area (Å²) in [6.07, 6.45) is 4.09. The normalized spacial score (nSPS) is 11.7. The number of methoxy groups -OCH3 is 1. The molecule has 23 heavy (non-hydrogen) atoms. The van der Waals surface area contributed by atoms with E-state index in [0.29, 0.717) is 30.2 Å². The lowest BCUT2D eigenvalue weighted by Gasteiger charge is -2.21. The molecule has 1 heterocycles. The number of ether oxygens (including phenoxy) is 1. The number of aryl methyl sites for hydroxylation is 1. The van der Waals surface area contributed by atoms with Crippen molar-refractivity contribution in [3.63, 3.8) is 0 Å². The van der Waals surface area contributed by atoms with Crippen molar-refractivity contribution in [3.05, 3.63) is 53.9 Å². The first-order valence-corrected chi connectivity index (χ1v) is 8.96. The number of sulfonamides is 1. The van der Waals surface area contributed by atoms with Gasteiger partial charge in [0.25, 0.3) is 0 Å². The minimum atomic E-state index is -3.51. The van der Waals surface area contributed by atoms with E-state index >= 15 is 0 Å². The SMILES string of the molecule is CCN(CCc1ccncc1)S(=O)(=O)c1ccc(OC)c(C)c1. The van der Waals surface area contributed by atoms with Gasteiger partial charge in [-0.3, -0.25) is 4.98 Å². The van der Waals surface area contributed by atoms with Gasteiger partial charge in [-0.05, 0) is 54.8 Å². The van der Waals surface area contributed by atoms with Crippen LogP contribution in [0.1, 0.15) is 18.1 Å². The van der Waals surface area contributed by atoms with Crippen LogP contribution in [0, 0.1) is 6.92 Å². The highest BCUT2D eigenvalue weighted by Crippen LogP contribution is 2.23. The fourth-order valence-corrected chi connectivity index (χ4v) is 3.95. The van der Waals surface area contributed by atoms with Gasteiger partial charge >= 0.3 is 0 Å². The first-order chi connectivity index (χ1) is 11.0. The maximum Gasteiger partial charge on any atom is 0.243 e. The van der Waals surface area contributed by atoms with Crippen LogP contribution in [0.2, 0.25) is 0 Å². The Morgan fingerprint density at radius 3 is 2.43 bits per heavy atom. The molecule has 0 spiro atoms. The van der Waals surface area contributed by atoms with E-state index in [2.05, 4.69) is 4.98 Å². The Labute approximate surface area is 138 Å². The van der Waals surface area contributed by atoms with Crippen molar-refractivity contribution in [1.29, 1.82) is 0 Å². The van der Waals surface area contributed by atoms with E-state index < -0.39 is 10.0 Å². The lowest BCUT2D eigenvalue weighted by molar-refractivity contribution is 0.410. The fourth-order valence-electron chi connectivity index (χ4n) is 2.41. The number of aromatic nitrogens is 1. The van der Waals surface area contributed by atoms with E-state index in [0.717, 1.165) is 11.1 Å². The summed E-state index contributed by atoms with van der Waals surface area (Å²) in [5, 5.41) is 0. The molecule has 0 saturated heterocycles. The molecule has 0 amide bonds. The van der Waals surface area contributed by atoms with Crippen molar-refractivity contribution in [2.24, 2.45) is 0 Å². The predicted octanol–water partition coefficient (Wildman–Crippen LogP) is 2.65. The third-order valence-corrected chi connectivity index (χ3v) is 5.73. The largest absolute Gasteiger partial charge is 0.496 e. The third kappa shape index (κ3) is 4.09. The molecular weight excluding hydrogens is 312 g/mol. The highest BCUT2D eigenvalue weighted by atomic mass is 32.2. The molecule has 0 atom stereocenters. The van der Waals surface area contributed by atoms with Gasteiger partial charge in [-0.2, -0.15) is 4.31 Å². The molecule has 0 radical (unpaired) electrons. The first-order valence-electron chi connectivity index (χ1n) is 7.52. The Morgan fingerprint density at radius 2 is 1.87 bits per heavy atom. The van der Waals surface area contributed by atoms with E-state index in [1.54, 1.807) is 37.7 Å². The second kappa shape index (κ2) is 7.57. The lowest BCUT2D eigenvalue weighted by atomic mass is 10.2. The topological polar surface area (TPSA) is 59.5 Å². The molecule has 5 nitrogen and oxygen atoms in total. The molecule has 0 bridgehead atoms. The molecule has 0 saturated carbocycles. The van der Waals surface area contributed by atoms with Crippen LogP contribution in [0.4, 0.5) is 0 Å². The molecule has 124 valence electrons. The van der Waals surface area contributed by atoms with Crippen molar-refractivity contribution < 1.29 is 13.2 Å². The predicted molar refractivity (Wildman–Crippen MR) is 90.1 cm³/mol. The lowest BCUT2D eigenvalue weighted by Crippen LogP contribution is -2.32. The Balaban J connectivity index is 2.20. The highest BCUT2D eigenvalue weighted by molar-refractivity contribution is 7.89. The summed E-state index contributed by atoms with van der Waals surface area (Å²) in [5.41, 5.74) is 1.87. The van der Waals surface area contributed by atoms with Gasteiger partial charge < -0.3 is 4.74 Å². The van der Waals surface area contributed by atoms with E-state index in [9.17, 15) is 8.42 Å². The molecule has 2 rings (SSSR count). The minimum absolute atomic E-state index is 0.298. The molecule has 0 aliphatic rings. The smallest absolute Gasteiger partial charge is 0.243 e. The molecular formula is C17H22N2O3S. The minimum Gasteiger partial charge on any atom is -0.496 e. The van der Waals surface area contributed by atoms with Crippen LogP contribution in [0.5, 0.6) is 5.75 Å². The van der Waals surface area contributed by atoms with Crippen molar-refractivity contribution in [3.8, 4) is 5.75 Å². The summed E-state index contributed by atoms with van der Waals surface area (Å²) < 4.78 is 32.3. The average molecular weight is 334 g/mol. The summed E-state index contributed by atoms with van der Waals surface area (Å²) in [6, 6.07) is 8.74. The molecule has 2 aromatic rings. The Morgan fingerprint density at radius 1 is 1.17 bits per heavy atom. The standard InChI is InChI=1S/C17H22N2O3S/c1-4-19(12-9-15-7-10-18-11-8-15)23(20,21)16-5-6-17(22-3)14(2)13-16/h5-8,10-11,13H,4,9,12H2,1-3H3. The summed E-state index contributed by atoms with van der Waals surface area (Å²) in [4.78, 5) is 4.27. The van der Waals surface area contributed by atoms with Crippen LogP contribution < -0.4 is 4.74 Å². The molecule has 1 aromatic carbocycles. The number of rotatable bonds is 7. The molecule has 0 fully saturated rings. The molecule has 0 aliphatic heterocycles. The van der Waals surface area contributed by atoms with Gasteiger partial charge in [0.1, 0.15) is 5.75 Å². The monoisotopic (exact) mass is 334 g/mol. The van der Waals surface area contributed by atoms with Gasteiger partial charge in [-0.15, -0.1) is 0 Å². The van der Waals surface area contributed by atoms with Crippen molar-refractivity contribution in [2.45, 2.75) is 25.2 Å². The number of pyridine rings is 1. The highest BCUT2D eigenvalue weighted by Gasteiger charge is 2.23. The summed E-state index contributed by atoms with van der Waals surface area (Å²) in [6.45, 7) is 4.55. The zero-order chi connectivity index (χ0) is 16.9. The van der Waals surface area contributed by atoms with Crippen LogP contribution in [-0.2, 0) is 16.4 Å². The van der Waals surface area contributed by atoms with E-state index in [1.165, 1.54) is 4.31 Å². The Bertz CT molecular complexity index is 746. The van der Waals surface area contributed by atoms with E-state index in [1.807, 2.05) is 26.0 Å². The fraction of sp³-hybridized carbons (Fsp3) is 0.353. The van der Waals surface area contributed by atoms with Gasteiger partial charge in [0, 0.05) is 25.5 Å². The molecule has 0 unspecified atom stereocenters.